The number of nitrogens with zero attached hydrogens (tertiary/aromatic N) is 3. The van der Waals surface area contributed by atoms with Crippen LogP contribution in [0, 0.1) is 0 Å². The Balaban J connectivity index is 1.74. The van der Waals surface area contributed by atoms with Crippen LogP contribution in [0.5, 0.6) is 5.75 Å². The van der Waals surface area contributed by atoms with Crippen molar-refractivity contribution < 1.29 is 22.7 Å². The molecule has 0 fully saturated rings. The van der Waals surface area contributed by atoms with E-state index in [0.29, 0.717) is 29.2 Å². The molecule has 2 amide bonds. The number of amides is 2. The monoisotopic (exact) mass is 393 g/mol. The Labute approximate surface area is 159 Å². The van der Waals surface area contributed by atoms with Crippen molar-refractivity contribution in [3.8, 4) is 5.75 Å². The van der Waals surface area contributed by atoms with Crippen molar-refractivity contribution >= 4 is 17.5 Å². The van der Waals surface area contributed by atoms with Gasteiger partial charge in [0, 0.05) is 5.70 Å². The van der Waals surface area contributed by atoms with Crippen molar-refractivity contribution in [1.29, 1.82) is 0 Å². The number of ether oxygens (including phenoxy) is 1. The van der Waals surface area contributed by atoms with Crippen LogP contribution in [-0.4, -0.2) is 28.9 Å². The quantitative estimate of drug-likeness (QED) is 0.821. The lowest BCUT2D eigenvalue weighted by atomic mass is 10.0. The molecule has 2 heterocycles. The zero-order chi connectivity index (χ0) is 20.3. The van der Waals surface area contributed by atoms with Crippen molar-refractivity contribution in [2.75, 3.05) is 16.8 Å². The first-order valence-electron chi connectivity index (χ1n) is 8.45. The second kappa shape index (κ2) is 7.75. The lowest BCUT2D eigenvalue weighted by Gasteiger charge is -2.31. The molecule has 0 bridgehead atoms. The Bertz CT molecular complexity index is 870. The molecule has 0 radical (unpaired) electrons. The third-order valence-corrected chi connectivity index (χ3v) is 4.07. The fourth-order valence-corrected chi connectivity index (χ4v) is 2.84. The number of rotatable bonds is 4. The molecule has 0 spiro atoms. The first-order valence-corrected chi connectivity index (χ1v) is 8.45. The molecule has 0 aliphatic carbocycles. The summed E-state index contributed by atoms with van der Waals surface area (Å²) >= 11 is 0. The molecule has 1 aromatic heterocycles. The van der Waals surface area contributed by atoms with Crippen LogP contribution >= 0.6 is 0 Å². The van der Waals surface area contributed by atoms with Gasteiger partial charge in [0.15, 0.2) is 5.82 Å². The van der Waals surface area contributed by atoms with Gasteiger partial charge in [0.05, 0.1) is 18.8 Å². The van der Waals surface area contributed by atoms with Gasteiger partial charge in [0.2, 0.25) is 0 Å². The molecule has 1 atom stereocenters. The Kier molecular flexibility index (Phi) is 5.39. The minimum atomic E-state index is -4.75. The van der Waals surface area contributed by atoms with E-state index in [-0.39, 0.29) is 12.3 Å². The largest absolute Gasteiger partial charge is 0.573 e. The molecule has 0 saturated carbocycles. The average Bonchev–Trinajstić information content (AvgIpc) is 2.64. The number of urea groups is 1. The van der Waals surface area contributed by atoms with Gasteiger partial charge in [0.1, 0.15) is 17.8 Å². The highest BCUT2D eigenvalue weighted by Crippen LogP contribution is 2.29. The molecule has 1 aliphatic rings. The topological polar surface area (TPSA) is 79.4 Å². The van der Waals surface area contributed by atoms with Crippen LogP contribution in [0.3, 0.4) is 0 Å². The summed E-state index contributed by atoms with van der Waals surface area (Å²) in [6.07, 6.45) is -1.33. The summed E-state index contributed by atoms with van der Waals surface area (Å²) in [5.41, 5.74) is 1.83. The summed E-state index contributed by atoms with van der Waals surface area (Å²) < 4.78 is 40.7. The third-order valence-electron chi connectivity index (χ3n) is 4.07. The first-order chi connectivity index (χ1) is 13.3. The summed E-state index contributed by atoms with van der Waals surface area (Å²) in [6.45, 7) is 5.93. The molecule has 148 valence electrons. The van der Waals surface area contributed by atoms with Crippen molar-refractivity contribution in [2.24, 2.45) is 0 Å². The van der Waals surface area contributed by atoms with E-state index >= 15 is 0 Å². The Hall–Kier alpha value is -3.30. The van der Waals surface area contributed by atoms with Gasteiger partial charge in [-0.25, -0.2) is 14.8 Å². The second-order valence-electron chi connectivity index (χ2n) is 6.10. The minimum Gasteiger partial charge on any atom is -0.406 e. The normalized spacial score (nSPS) is 14.7. The molecular formula is C18H18F3N5O2. The number of benzene rings is 1. The number of hydrogen-bond donors (Lipinski definition) is 2. The summed E-state index contributed by atoms with van der Waals surface area (Å²) in [6, 6.07) is 4.61. The highest BCUT2D eigenvalue weighted by atomic mass is 19.4. The van der Waals surface area contributed by atoms with Gasteiger partial charge in [0.25, 0.3) is 0 Å². The van der Waals surface area contributed by atoms with Crippen LogP contribution in [0.25, 0.3) is 0 Å². The highest BCUT2D eigenvalue weighted by Gasteiger charge is 2.31. The Morgan fingerprint density at radius 2 is 2.11 bits per heavy atom. The van der Waals surface area contributed by atoms with E-state index in [1.54, 1.807) is 6.20 Å². The summed E-state index contributed by atoms with van der Waals surface area (Å²) in [5.74, 6) is 0.102. The smallest absolute Gasteiger partial charge is 0.406 e. The molecule has 2 N–H and O–H groups in total. The summed E-state index contributed by atoms with van der Waals surface area (Å²) in [4.78, 5) is 22.3. The van der Waals surface area contributed by atoms with Gasteiger partial charge in [-0.2, -0.15) is 0 Å². The summed E-state index contributed by atoms with van der Waals surface area (Å²) in [7, 11) is 0. The number of nitrogens with one attached hydrogen (secondary N) is 2. The van der Waals surface area contributed by atoms with E-state index in [4.69, 9.17) is 0 Å². The van der Waals surface area contributed by atoms with Crippen LogP contribution in [0.15, 0.2) is 49.1 Å². The molecule has 1 aliphatic heterocycles. The zero-order valence-corrected chi connectivity index (χ0v) is 15.0. The fourth-order valence-electron chi connectivity index (χ4n) is 2.84. The first kappa shape index (κ1) is 19.5. The lowest BCUT2D eigenvalue weighted by molar-refractivity contribution is -0.274. The second-order valence-corrected chi connectivity index (χ2v) is 6.10. The van der Waals surface area contributed by atoms with Gasteiger partial charge in [-0.15, -0.1) is 13.2 Å². The predicted molar refractivity (Wildman–Crippen MR) is 96.8 cm³/mol. The van der Waals surface area contributed by atoms with Gasteiger partial charge >= 0.3 is 12.4 Å². The van der Waals surface area contributed by atoms with Gasteiger partial charge in [-0.1, -0.05) is 25.6 Å². The van der Waals surface area contributed by atoms with Gasteiger partial charge in [-0.05, 0) is 24.1 Å². The number of aromatic nitrogens is 2. The Morgan fingerprint density at radius 1 is 1.39 bits per heavy atom. The molecule has 0 saturated heterocycles. The number of carbonyl (C=O) groups excluding carboxylic acids is 1. The number of carbonyl (C=O) groups is 1. The standard InChI is InChI=1S/C18H18F3N5O2/c1-3-14(12-4-6-13(7-5-12)28-18(19,20)21)25-17(27)26-9-11(2)24-15-8-22-10-23-16(15)26/h4-8,10,14,24H,2-3,9H2,1H3,(H,25,27). The van der Waals surface area contributed by atoms with E-state index in [1.165, 1.54) is 35.5 Å². The van der Waals surface area contributed by atoms with Gasteiger partial charge < -0.3 is 15.4 Å². The summed E-state index contributed by atoms with van der Waals surface area (Å²) in [5, 5.41) is 5.90. The van der Waals surface area contributed by atoms with E-state index in [1.807, 2.05) is 6.92 Å². The van der Waals surface area contributed by atoms with Gasteiger partial charge in [-0.3, -0.25) is 4.90 Å². The van der Waals surface area contributed by atoms with Crippen molar-refractivity contribution in [3.05, 3.63) is 54.6 Å². The molecule has 1 unspecified atom stereocenters. The fraction of sp³-hybridized carbons (Fsp3) is 0.278. The minimum absolute atomic E-state index is 0.227. The SMILES string of the molecule is C=C1CN(C(=O)NC(CC)c2ccc(OC(F)(F)F)cc2)c2ncncc2N1. The van der Waals surface area contributed by atoms with E-state index in [2.05, 4.69) is 31.9 Å². The average molecular weight is 393 g/mol. The van der Waals surface area contributed by atoms with Crippen LogP contribution in [0.1, 0.15) is 24.9 Å². The number of hydrogen-bond acceptors (Lipinski definition) is 5. The Morgan fingerprint density at radius 3 is 2.75 bits per heavy atom. The maximum Gasteiger partial charge on any atom is 0.573 e. The predicted octanol–water partition coefficient (Wildman–Crippen LogP) is 3.98. The van der Waals surface area contributed by atoms with Crippen LogP contribution < -0.4 is 20.3 Å². The maximum atomic E-state index is 12.8. The van der Waals surface area contributed by atoms with E-state index < -0.39 is 18.4 Å². The van der Waals surface area contributed by atoms with Crippen LogP contribution in [0.2, 0.25) is 0 Å². The van der Waals surface area contributed by atoms with Crippen LogP contribution in [-0.2, 0) is 0 Å². The van der Waals surface area contributed by atoms with Crippen molar-refractivity contribution in [1.82, 2.24) is 15.3 Å². The highest BCUT2D eigenvalue weighted by molar-refractivity contribution is 5.96. The van der Waals surface area contributed by atoms with E-state index in [9.17, 15) is 18.0 Å². The van der Waals surface area contributed by atoms with Crippen molar-refractivity contribution in [3.63, 3.8) is 0 Å². The zero-order valence-electron chi connectivity index (χ0n) is 15.0. The maximum absolute atomic E-state index is 12.8. The van der Waals surface area contributed by atoms with E-state index in [0.717, 1.165) is 0 Å². The molecular weight excluding hydrogens is 375 g/mol. The van der Waals surface area contributed by atoms with Crippen LogP contribution in [0.4, 0.5) is 29.5 Å². The molecule has 2 aromatic rings. The molecule has 7 nitrogen and oxygen atoms in total. The third kappa shape index (κ3) is 4.51. The number of anilines is 2. The number of fused-ring (bicyclic) bond motifs is 1. The lowest BCUT2D eigenvalue weighted by Crippen LogP contribution is -2.45. The molecule has 10 heteroatoms. The number of alkyl halides is 3. The van der Waals surface area contributed by atoms with Crippen molar-refractivity contribution in [2.45, 2.75) is 25.7 Å². The molecule has 3 rings (SSSR count). The number of halogens is 3. The molecule has 28 heavy (non-hydrogen) atoms. The molecule has 1 aromatic carbocycles.